The third kappa shape index (κ3) is 4.65. The molecule has 1 saturated carbocycles. The maximum atomic E-state index is 11.4. The van der Waals surface area contributed by atoms with Crippen molar-refractivity contribution in [1.82, 2.24) is 5.32 Å². The molecule has 1 heterocycles. The smallest absolute Gasteiger partial charge is 0.0249 e. The molecule has 3 heteroatoms. The van der Waals surface area contributed by atoms with E-state index in [9.17, 15) is 4.21 Å². The quantitative estimate of drug-likeness (QED) is 0.851. The van der Waals surface area contributed by atoms with Crippen molar-refractivity contribution in [1.29, 1.82) is 0 Å². The summed E-state index contributed by atoms with van der Waals surface area (Å²) in [6.45, 7) is 4.68. The summed E-state index contributed by atoms with van der Waals surface area (Å²) in [6, 6.07) is 1.38. The first-order valence-electron chi connectivity index (χ1n) is 7.74. The van der Waals surface area contributed by atoms with Gasteiger partial charge in [-0.25, -0.2) is 0 Å². The molecule has 2 rings (SSSR count). The molecule has 0 spiro atoms. The van der Waals surface area contributed by atoms with Crippen molar-refractivity contribution in [3.8, 4) is 0 Å². The van der Waals surface area contributed by atoms with Crippen molar-refractivity contribution in [2.24, 2.45) is 11.8 Å². The molecule has 0 amide bonds. The largest absolute Gasteiger partial charge is 0.311 e. The molecule has 2 atom stereocenters. The number of hydrogen-bond acceptors (Lipinski definition) is 2. The highest BCUT2D eigenvalue weighted by molar-refractivity contribution is 7.85. The zero-order valence-corrected chi connectivity index (χ0v) is 12.8. The molecular weight excluding hydrogens is 242 g/mol. The van der Waals surface area contributed by atoms with Gasteiger partial charge in [0.25, 0.3) is 0 Å². The van der Waals surface area contributed by atoms with Crippen LogP contribution in [0.2, 0.25) is 0 Å². The Bertz CT molecular complexity index is 270. The Balaban J connectivity index is 1.73. The van der Waals surface area contributed by atoms with Crippen LogP contribution in [0, 0.1) is 11.8 Å². The van der Waals surface area contributed by atoms with Crippen LogP contribution in [-0.4, -0.2) is 27.8 Å². The summed E-state index contributed by atoms with van der Waals surface area (Å²) in [6.07, 6.45) is 9.20. The minimum absolute atomic E-state index is 0.522. The van der Waals surface area contributed by atoms with Gasteiger partial charge in [-0.3, -0.25) is 4.21 Å². The molecule has 0 aromatic carbocycles. The van der Waals surface area contributed by atoms with Crippen molar-refractivity contribution in [3.05, 3.63) is 0 Å². The molecule has 1 saturated heterocycles. The standard InChI is InChI=1S/C15H29NOS/c1-12(2)10-13-4-3-5-15(11-13)16-14-6-8-18(17)9-7-14/h12-16H,3-11H2,1-2H3. The Kier molecular flexibility index (Phi) is 5.68. The molecular formula is C15H29NOS. The number of nitrogens with one attached hydrogen (secondary N) is 1. The van der Waals surface area contributed by atoms with Gasteiger partial charge in [-0.2, -0.15) is 0 Å². The third-order valence-electron chi connectivity index (χ3n) is 4.45. The van der Waals surface area contributed by atoms with Gasteiger partial charge >= 0.3 is 0 Å². The molecule has 2 fully saturated rings. The lowest BCUT2D eigenvalue weighted by atomic mass is 9.81. The van der Waals surface area contributed by atoms with E-state index in [2.05, 4.69) is 19.2 Å². The summed E-state index contributed by atoms with van der Waals surface area (Å²) in [7, 11) is -0.522. The highest BCUT2D eigenvalue weighted by atomic mass is 32.2. The van der Waals surface area contributed by atoms with Crippen LogP contribution in [-0.2, 0) is 10.8 Å². The predicted molar refractivity (Wildman–Crippen MR) is 79.2 cm³/mol. The summed E-state index contributed by atoms with van der Waals surface area (Å²) in [5.41, 5.74) is 0. The lowest BCUT2D eigenvalue weighted by Gasteiger charge is -2.34. The van der Waals surface area contributed by atoms with Crippen LogP contribution in [0.4, 0.5) is 0 Å². The van der Waals surface area contributed by atoms with Gasteiger partial charge in [-0.1, -0.05) is 26.7 Å². The van der Waals surface area contributed by atoms with Crippen molar-refractivity contribution in [2.45, 2.75) is 70.9 Å². The van der Waals surface area contributed by atoms with E-state index in [0.717, 1.165) is 42.2 Å². The second-order valence-electron chi connectivity index (χ2n) is 6.65. The number of hydrogen-bond donors (Lipinski definition) is 1. The Hall–Kier alpha value is 0.110. The van der Waals surface area contributed by atoms with E-state index in [-0.39, 0.29) is 0 Å². The molecule has 1 aliphatic heterocycles. The van der Waals surface area contributed by atoms with Crippen LogP contribution in [0.3, 0.4) is 0 Å². The molecule has 0 aromatic rings. The Morgan fingerprint density at radius 3 is 2.50 bits per heavy atom. The van der Waals surface area contributed by atoms with Crippen molar-refractivity contribution in [2.75, 3.05) is 11.5 Å². The first-order valence-corrected chi connectivity index (χ1v) is 9.23. The Labute approximate surface area is 115 Å². The van der Waals surface area contributed by atoms with Crippen molar-refractivity contribution in [3.63, 3.8) is 0 Å². The summed E-state index contributed by atoms with van der Waals surface area (Å²) in [5.74, 6) is 3.61. The van der Waals surface area contributed by atoms with E-state index in [1.54, 1.807) is 0 Å². The minimum Gasteiger partial charge on any atom is -0.311 e. The van der Waals surface area contributed by atoms with Gasteiger partial charge in [0.15, 0.2) is 0 Å². The second-order valence-corrected chi connectivity index (χ2v) is 8.34. The van der Waals surface area contributed by atoms with Crippen molar-refractivity contribution < 1.29 is 4.21 Å². The molecule has 106 valence electrons. The normalized spacial score (nSPS) is 37.9. The maximum absolute atomic E-state index is 11.4. The molecule has 0 aromatic heterocycles. The van der Waals surface area contributed by atoms with Crippen LogP contribution in [0.1, 0.15) is 58.8 Å². The van der Waals surface area contributed by atoms with E-state index in [0.29, 0.717) is 6.04 Å². The van der Waals surface area contributed by atoms with E-state index in [1.165, 1.54) is 32.1 Å². The Morgan fingerprint density at radius 1 is 1.11 bits per heavy atom. The summed E-state index contributed by atoms with van der Waals surface area (Å²) in [4.78, 5) is 0. The molecule has 2 nitrogen and oxygen atoms in total. The van der Waals surface area contributed by atoms with Crippen molar-refractivity contribution >= 4 is 10.8 Å². The average Bonchev–Trinajstić information content (AvgIpc) is 2.32. The topological polar surface area (TPSA) is 29.1 Å². The van der Waals surface area contributed by atoms with Gasteiger partial charge in [0.05, 0.1) is 0 Å². The first-order chi connectivity index (χ1) is 8.63. The monoisotopic (exact) mass is 271 g/mol. The first kappa shape index (κ1) is 14.5. The van der Waals surface area contributed by atoms with Gasteiger partial charge in [0, 0.05) is 34.4 Å². The van der Waals surface area contributed by atoms with E-state index < -0.39 is 10.8 Å². The summed E-state index contributed by atoms with van der Waals surface area (Å²) < 4.78 is 11.4. The molecule has 0 radical (unpaired) electrons. The highest BCUT2D eigenvalue weighted by Crippen LogP contribution is 2.30. The average molecular weight is 271 g/mol. The second kappa shape index (κ2) is 7.04. The van der Waals surface area contributed by atoms with E-state index >= 15 is 0 Å². The molecule has 1 N–H and O–H groups in total. The zero-order valence-electron chi connectivity index (χ0n) is 12.0. The van der Waals surface area contributed by atoms with Gasteiger partial charge in [-0.05, 0) is 43.9 Å². The molecule has 2 aliphatic rings. The zero-order chi connectivity index (χ0) is 13.0. The lowest BCUT2D eigenvalue weighted by Crippen LogP contribution is -2.44. The van der Waals surface area contributed by atoms with Crippen LogP contribution in [0.15, 0.2) is 0 Å². The fourth-order valence-corrected chi connectivity index (χ4v) is 4.92. The summed E-state index contributed by atoms with van der Waals surface area (Å²) >= 11 is 0. The van der Waals surface area contributed by atoms with Crippen LogP contribution in [0.25, 0.3) is 0 Å². The maximum Gasteiger partial charge on any atom is 0.0249 e. The molecule has 1 aliphatic carbocycles. The van der Waals surface area contributed by atoms with E-state index in [1.807, 2.05) is 0 Å². The fourth-order valence-electron chi connectivity index (χ4n) is 3.62. The van der Waals surface area contributed by atoms with Gasteiger partial charge in [0.1, 0.15) is 0 Å². The predicted octanol–water partition coefficient (Wildman–Crippen LogP) is 3.09. The third-order valence-corrected chi connectivity index (χ3v) is 5.83. The molecule has 18 heavy (non-hydrogen) atoms. The molecule has 0 bridgehead atoms. The minimum atomic E-state index is -0.522. The summed E-state index contributed by atoms with van der Waals surface area (Å²) in [5, 5.41) is 3.85. The van der Waals surface area contributed by atoms with Gasteiger partial charge in [0.2, 0.25) is 0 Å². The fraction of sp³-hybridized carbons (Fsp3) is 1.00. The van der Waals surface area contributed by atoms with Gasteiger partial charge < -0.3 is 5.32 Å². The van der Waals surface area contributed by atoms with Gasteiger partial charge in [-0.15, -0.1) is 0 Å². The number of rotatable bonds is 4. The van der Waals surface area contributed by atoms with Crippen LogP contribution >= 0.6 is 0 Å². The van der Waals surface area contributed by atoms with E-state index in [4.69, 9.17) is 0 Å². The molecule has 2 unspecified atom stereocenters. The SMILES string of the molecule is CC(C)CC1CCCC(NC2CCS(=O)CC2)C1. The van der Waals surface area contributed by atoms with Crippen LogP contribution in [0.5, 0.6) is 0 Å². The highest BCUT2D eigenvalue weighted by Gasteiger charge is 2.26. The van der Waals surface area contributed by atoms with Crippen LogP contribution < -0.4 is 5.32 Å². The lowest BCUT2D eigenvalue weighted by molar-refractivity contribution is 0.236. The Morgan fingerprint density at radius 2 is 1.83 bits per heavy atom.